The number of ether oxygens (including phenoxy) is 1. The summed E-state index contributed by atoms with van der Waals surface area (Å²) in [7, 11) is 1.47. The minimum Gasteiger partial charge on any atom is -0.481 e. The van der Waals surface area contributed by atoms with Crippen LogP contribution in [0.25, 0.3) is 39.2 Å². The fourth-order valence-electron chi connectivity index (χ4n) is 6.02. The maximum absolute atomic E-state index is 13.0. The number of benzene rings is 2. The lowest BCUT2D eigenvalue weighted by Crippen LogP contribution is -2.41. The molecule has 2 amide bonds. The van der Waals surface area contributed by atoms with Crippen molar-refractivity contribution in [1.29, 1.82) is 0 Å². The van der Waals surface area contributed by atoms with Gasteiger partial charge in [-0.2, -0.15) is 0 Å². The van der Waals surface area contributed by atoms with Crippen LogP contribution in [0.5, 0.6) is 5.88 Å². The molecule has 0 aliphatic carbocycles. The summed E-state index contributed by atoms with van der Waals surface area (Å²) in [6.45, 7) is 0.814. The molecule has 258 valence electrons. The molecular weight excluding hydrogens is 683 g/mol. The molecule has 1 aliphatic heterocycles. The van der Waals surface area contributed by atoms with Crippen LogP contribution in [0.15, 0.2) is 77.9 Å². The van der Waals surface area contributed by atoms with Crippen LogP contribution in [-0.4, -0.2) is 74.3 Å². The molecule has 14 heteroatoms. The van der Waals surface area contributed by atoms with Gasteiger partial charge < -0.3 is 30.5 Å². The fraction of sp³-hybridized carbons (Fsp3) is 0.250. The molecule has 5 aromatic rings. The van der Waals surface area contributed by atoms with Crippen molar-refractivity contribution in [2.45, 2.75) is 32.0 Å². The van der Waals surface area contributed by atoms with Gasteiger partial charge in [-0.1, -0.05) is 59.6 Å². The Morgan fingerprint density at radius 3 is 2.44 bits per heavy atom. The average molecular weight is 718 g/mol. The number of aliphatic hydroxyl groups is 1. The van der Waals surface area contributed by atoms with Crippen LogP contribution in [0.4, 0.5) is 4.79 Å². The summed E-state index contributed by atoms with van der Waals surface area (Å²) in [4.78, 5) is 47.1. The molecule has 0 saturated carbocycles. The summed E-state index contributed by atoms with van der Waals surface area (Å²) >= 11 is 14.1. The third kappa shape index (κ3) is 7.29. The van der Waals surface area contributed by atoms with Crippen LogP contribution in [0.3, 0.4) is 0 Å². The van der Waals surface area contributed by atoms with Crippen LogP contribution in [0.1, 0.15) is 24.0 Å². The molecule has 6 rings (SSSR count). The Hall–Kier alpha value is -5.01. The number of halogens is 2. The molecule has 0 bridgehead atoms. The number of rotatable bonds is 12. The number of amides is 2. The Morgan fingerprint density at radius 1 is 1.04 bits per heavy atom. The van der Waals surface area contributed by atoms with E-state index in [-0.39, 0.29) is 43.1 Å². The monoisotopic (exact) mass is 716 g/mol. The van der Waals surface area contributed by atoms with Crippen molar-refractivity contribution in [3.8, 4) is 39.4 Å². The first-order valence-corrected chi connectivity index (χ1v) is 16.6. The van der Waals surface area contributed by atoms with Gasteiger partial charge in [0.1, 0.15) is 5.65 Å². The van der Waals surface area contributed by atoms with E-state index in [0.717, 1.165) is 11.1 Å². The highest BCUT2D eigenvalue weighted by Gasteiger charge is 2.26. The van der Waals surface area contributed by atoms with Crippen LogP contribution in [-0.2, 0) is 17.9 Å². The first-order chi connectivity index (χ1) is 24.2. The number of carbonyl (C=O) groups is 2. The van der Waals surface area contributed by atoms with Crippen molar-refractivity contribution in [2.75, 3.05) is 26.8 Å². The fourth-order valence-corrected chi connectivity index (χ4v) is 6.68. The number of nitrogens with one attached hydrogen (secondary N) is 2. The van der Waals surface area contributed by atoms with Crippen LogP contribution >= 0.6 is 23.2 Å². The highest BCUT2D eigenvalue weighted by molar-refractivity contribution is 6.39. The van der Waals surface area contributed by atoms with Crippen molar-refractivity contribution < 1.29 is 24.5 Å². The molecule has 3 aromatic heterocycles. The van der Waals surface area contributed by atoms with Gasteiger partial charge in [0.2, 0.25) is 11.8 Å². The van der Waals surface area contributed by atoms with Gasteiger partial charge in [-0.25, -0.2) is 14.8 Å². The lowest BCUT2D eigenvalue weighted by atomic mass is 9.97. The third-order valence-electron chi connectivity index (χ3n) is 8.55. The van der Waals surface area contributed by atoms with Gasteiger partial charge in [0.25, 0.3) is 5.56 Å². The van der Waals surface area contributed by atoms with Gasteiger partial charge in [-0.3, -0.25) is 14.0 Å². The SMILES string of the molecule is COc1nc(-c2cccc(-c3cccc(-c4ccn5c(=O)c(CNCCO)cnc5c4)c3Cl)c2Cl)ccc1CN(C[C@@H]1CCC(=O)N1)C(=O)O. The summed E-state index contributed by atoms with van der Waals surface area (Å²) in [5.41, 5.74) is 5.29. The van der Waals surface area contributed by atoms with E-state index in [1.807, 2.05) is 36.4 Å². The number of pyridine rings is 2. The van der Waals surface area contributed by atoms with Gasteiger partial charge in [-0.05, 0) is 36.2 Å². The Balaban J connectivity index is 1.29. The minimum atomic E-state index is -1.11. The second kappa shape index (κ2) is 15.3. The maximum Gasteiger partial charge on any atom is 0.407 e. The molecule has 4 heterocycles. The van der Waals surface area contributed by atoms with E-state index < -0.39 is 6.09 Å². The maximum atomic E-state index is 13.0. The van der Waals surface area contributed by atoms with Gasteiger partial charge in [-0.15, -0.1) is 0 Å². The summed E-state index contributed by atoms with van der Waals surface area (Å²) in [5.74, 6) is 0.169. The first kappa shape index (κ1) is 34.8. The molecule has 1 saturated heterocycles. The van der Waals surface area contributed by atoms with E-state index in [2.05, 4.69) is 20.6 Å². The van der Waals surface area contributed by atoms with E-state index in [1.54, 1.807) is 30.5 Å². The number of hydrogen-bond acceptors (Lipinski definition) is 8. The molecular formula is C36H34Cl2N6O6. The average Bonchev–Trinajstić information content (AvgIpc) is 3.53. The van der Waals surface area contributed by atoms with Gasteiger partial charge in [0.15, 0.2) is 0 Å². The van der Waals surface area contributed by atoms with E-state index >= 15 is 0 Å². The van der Waals surface area contributed by atoms with Crippen molar-refractivity contribution in [3.05, 3.63) is 105 Å². The van der Waals surface area contributed by atoms with Gasteiger partial charge in [0.05, 0.1) is 36.0 Å². The number of methoxy groups -OCH3 is 1. The molecule has 12 nitrogen and oxygen atoms in total. The number of carbonyl (C=O) groups excluding carboxylic acids is 1. The number of aromatic nitrogens is 3. The van der Waals surface area contributed by atoms with E-state index in [1.165, 1.54) is 22.6 Å². The van der Waals surface area contributed by atoms with Crippen molar-refractivity contribution >= 4 is 40.8 Å². The Kier molecular flexibility index (Phi) is 10.6. The minimum absolute atomic E-state index is 0.0241. The normalized spacial score (nSPS) is 14.2. The first-order valence-electron chi connectivity index (χ1n) is 15.9. The lowest BCUT2D eigenvalue weighted by molar-refractivity contribution is -0.119. The highest BCUT2D eigenvalue weighted by atomic mass is 35.5. The number of aliphatic hydroxyl groups excluding tert-OH is 1. The predicted molar refractivity (Wildman–Crippen MR) is 191 cm³/mol. The number of fused-ring (bicyclic) bond motifs is 1. The molecule has 1 atom stereocenters. The van der Waals surface area contributed by atoms with Crippen LogP contribution in [0, 0.1) is 0 Å². The predicted octanol–water partition coefficient (Wildman–Crippen LogP) is 5.25. The second-order valence-electron chi connectivity index (χ2n) is 11.8. The highest BCUT2D eigenvalue weighted by Crippen LogP contribution is 2.42. The zero-order valence-electron chi connectivity index (χ0n) is 27.0. The molecule has 0 unspecified atom stereocenters. The smallest absolute Gasteiger partial charge is 0.407 e. The van der Waals surface area contributed by atoms with Crippen LogP contribution < -0.4 is 20.9 Å². The molecule has 1 aliphatic rings. The molecule has 2 aromatic carbocycles. The van der Waals surface area contributed by atoms with Crippen molar-refractivity contribution in [1.82, 2.24) is 29.9 Å². The summed E-state index contributed by atoms with van der Waals surface area (Å²) in [6.07, 6.45) is 3.04. The quantitative estimate of drug-likeness (QED) is 0.127. The summed E-state index contributed by atoms with van der Waals surface area (Å²) < 4.78 is 7.05. The molecule has 4 N–H and O–H groups in total. The zero-order chi connectivity index (χ0) is 35.4. The zero-order valence-corrected chi connectivity index (χ0v) is 28.5. The lowest BCUT2D eigenvalue weighted by Gasteiger charge is -2.23. The van der Waals surface area contributed by atoms with E-state index in [0.29, 0.717) is 75.1 Å². The van der Waals surface area contributed by atoms with Gasteiger partial charge in [0, 0.05) is 77.9 Å². The molecule has 0 radical (unpaired) electrons. The van der Waals surface area contributed by atoms with E-state index in [4.69, 9.17) is 33.0 Å². The molecule has 1 fully saturated rings. The van der Waals surface area contributed by atoms with Crippen molar-refractivity contribution in [2.24, 2.45) is 0 Å². The van der Waals surface area contributed by atoms with E-state index in [9.17, 15) is 19.5 Å². The topological polar surface area (TPSA) is 158 Å². The largest absolute Gasteiger partial charge is 0.481 e. The van der Waals surface area contributed by atoms with Gasteiger partial charge >= 0.3 is 6.09 Å². The molecule has 0 spiro atoms. The summed E-state index contributed by atoms with van der Waals surface area (Å²) in [6, 6.07) is 18.0. The number of hydrogen-bond donors (Lipinski definition) is 4. The Morgan fingerprint density at radius 2 is 1.76 bits per heavy atom. The second-order valence-corrected chi connectivity index (χ2v) is 12.6. The summed E-state index contributed by atoms with van der Waals surface area (Å²) in [5, 5.41) is 25.5. The Labute approximate surface area is 297 Å². The molecule has 50 heavy (non-hydrogen) atoms. The van der Waals surface area contributed by atoms with Crippen molar-refractivity contribution in [3.63, 3.8) is 0 Å². The van der Waals surface area contributed by atoms with Crippen LogP contribution in [0.2, 0.25) is 10.0 Å². The Bertz CT molecular complexity index is 2140. The number of carboxylic acid groups (broad SMARTS) is 1. The standard InChI is InChI=1S/C36H34Cl2N6O6/c1-50-34-22(19-43(36(48)49)20-24-9-11-31(46)41-24)8-10-29(42-34)28-7-3-6-27(33(28)38)26-5-2-4-25(32(26)37)21-12-14-44-30(16-21)40-18-23(35(44)47)17-39-13-15-45/h2-8,10,12,14,16,18,24,39,45H,9,11,13,15,17,19-20H2,1H3,(H,41,46)(H,48,49)/t24-/m0/s1. The number of nitrogens with zero attached hydrogens (tertiary/aromatic N) is 4. The third-order valence-corrected chi connectivity index (χ3v) is 9.36.